The topological polar surface area (TPSA) is 108 Å². The lowest BCUT2D eigenvalue weighted by molar-refractivity contribution is 0.160. The molecule has 0 bridgehead atoms. The summed E-state index contributed by atoms with van der Waals surface area (Å²) < 4.78 is 0. The Morgan fingerprint density at radius 2 is 2.36 bits per heavy atom. The lowest BCUT2D eigenvalue weighted by Gasteiger charge is -2.09. The Hall–Kier alpha value is -1.14. The first-order chi connectivity index (χ1) is 5.11. The second-order valence-electron chi connectivity index (χ2n) is 2.33. The van der Waals surface area contributed by atoms with Gasteiger partial charge in [-0.05, 0) is 6.92 Å². The summed E-state index contributed by atoms with van der Waals surface area (Å²) in [6, 6.07) is -0.644. The van der Waals surface area contributed by atoms with E-state index in [9.17, 15) is 4.79 Å². The molecule has 6 nitrogen and oxygen atoms in total. The van der Waals surface area contributed by atoms with Gasteiger partial charge in [-0.15, -0.1) is 0 Å². The molecule has 1 aromatic heterocycles. The summed E-state index contributed by atoms with van der Waals surface area (Å²) in [4.78, 5) is 12.9. The zero-order valence-electron chi connectivity index (χ0n) is 6.03. The van der Waals surface area contributed by atoms with Crippen molar-refractivity contribution in [2.24, 2.45) is 5.73 Å². The summed E-state index contributed by atoms with van der Waals surface area (Å²) in [6.45, 7) is 1.53. The fourth-order valence-corrected chi connectivity index (χ4v) is 0.670. The number of aliphatic hydroxyl groups excluding tert-OH is 1. The minimum absolute atomic E-state index is 0.269. The second kappa shape index (κ2) is 2.85. The number of H-pyrrole nitrogens is 2. The van der Waals surface area contributed by atoms with Crippen molar-refractivity contribution >= 4 is 0 Å². The zero-order valence-corrected chi connectivity index (χ0v) is 6.03. The highest BCUT2D eigenvalue weighted by atomic mass is 16.3. The van der Waals surface area contributed by atoms with Crippen molar-refractivity contribution in [2.75, 3.05) is 0 Å². The first kappa shape index (κ1) is 7.96. The molecule has 0 saturated carbocycles. The number of aromatic nitrogens is 3. The number of aliphatic hydroxyl groups is 1. The number of nitrogens with one attached hydrogen (secondary N) is 2. The van der Waals surface area contributed by atoms with Gasteiger partial charge in [0.1, 0.15) is 5.82 Å². The molecule has 1 rings (SSSR count). The van der Waals surface area contributed by atoms with Crippen molar-refractivity contribution < 1.29 is 5.11 Å². The zero-order chi connectivity index (χ0) is 8.43. The second-order valence-corrected chi connectivity index (χ2v) is 2.33. The molecule has 0 aliphatic carbocycles. The number of hydrogen-bond donors (Lipinski definition) is 4. The molecular weight excluding hydrogens is 148 g/mol. The molecule has 62 valence electrons. The van der Waals surface area contributed by atoms with E-state index in [4.69, 9.17) is 10.8 Å². The Kier molecular flexibility index (Phi) is 2.06. The number of rotatable bonds is 2. The SMILES string of the molecule is CC(O)C(N)c1n[nH]c(=O)[nH]1. The van der Waals surface area contributed by atoms with E-state index >= 15 is 0 Å². The van der Waals surface area contributed by atoms with Gasteiger partial charge in [0.25, 0.3) is 0 Å². The lowest BCUT2D eigenvalue weighted by atomic mass is 10.2. The van der Waals surface area contributed by atoms with Crippen molar-refractivity contribution in [3.05, 3.63) is 16.3 Å². The van der Waals surface area contributed by atoms with Gasteiger partial charge in [-0.1, -0.05) is 0 Å². The molecule has 11 heavy (non-hydrogen) atoms. The first-order valence-corrected chi connectivity index (χ1v) is 3.19. The Morgan fingerprint density at radius 1 is 1.73 bits per heavy atom. The van der Waals surface area contributed by atoms with Crippen LogP contribution in [-0.4, -0.2) is 26.4 Å². The van der Waals surface area contributed by atoms with Gasteiger partial charge in [-0.25, -0.2) is 9.89 Å². The fraction of sp³-hybridized carbons (Fsp3) is 0.600. The summed E-state index contributed by atoms with van der Waals surface area (Å²) in [5.74, 6) is 0.269. The highest BCUT2D eigenvalue weighted by molar-refractivity contribution is 4.91. The van der Waals surface area contributed by atoms with E-state index in [1.807, 2.05) is 0 Å². The van der Waals surface area contributed by atoms with Crippen LogP contribution >= 0.6 is 0 Å². The number of nitrogens with two attached hydrogens (primary N) is 1. The molecule has 0 saturated heterocycles. The van der Waals surface area contributed by atoms with E-state index in [1.165, 1.54) is 6.92 Å². The van der Waals surface area contributed by atoms with Crippen LogP contribution in [0.4, 0.5) is 0 Å². The molecule has 1 aromatic rings. The van der Waals surface area contributed by atoms with Gasteiger partial charge < -0.3 is 10.8 Å². The lowest BCUT2D eigenvalue weighted by Crippen LogP contribution is -2.24. The summed E-state index contributed by atoms with van der Waals surface area (Å²) in [5, 5.41) is 14.7. The fourth-order valence-electron chi connectivity index (χ4n) is 0.670. The number of hydrogen-bond acceptors (Lipinski definition) is 4. The third kappa shape index (κ3) is 1.66. The summed E-state index contributed by atoms with van der Waals surface area (Å²) in [7, 11) is 0. The molecule has 2 unspecified atom stereocenters. The summed E-state index contributed by atoms with van der Waals surface area (Å²) in [5.41, 5.74) is 5.03. The molecule has 0 aliphatic heterocycles. The van der Waals surface area contributed by atoms with Gasteiger partial charge in [0.15, 0.2) is 0 Å². The van der Waals surface area contributed by atoms with Crippen LogP contribution in [0, 0.1) is 0 Å². The predicted molar refractivity (Wildman–Crippen MR) is 37.8 cm³/mol. The molecule has 0 spiro atoms. The smallest absolute Gasteiger partial charge is 0.340 e. The molecule has 1 heterocycles. The average molecular weight is 158 g/mol. The van der Waals surface area contributed by atoms with E-state index < -0.39 is 17.8 Å². The molecular formula is C5H10N4O2. The standard InChI is InChI=1S/C5H10N4O2/c1-2(10)3(6)4-7-5(11)9-8-4/h2-3,10H,6H2,1H3,(H2,7,8,9,11). The van der Waals surface area contributed by atoms with E-state index in [0.717, 1.165) is 0 Å². The normalized spacial score (nSPS) is 16.3. The molecule has 0 amide bonds. The monoisotopic (exact) mass is 158 g/mol. The molecule has 0 aliphatic rings. The highest BCUT2D eigenvalue weighted by Gasteiger charge is 2.14. The van der Waals surface area contributed by atoms with Crippen LogP contribution in [0.1, 0.15) is 18.8 Å². The molecule has 0 aromatic carbocycles. The summed E-state index contributed by atoms with van der Waals surface area (Å²) in [6.07, 6.45) is -0.728. The molecule has 0 radical (unpaired) electrons. The quantitative estimate of drug-likeness (QED) is 0.419. The van der Waals surface area contributed by atoms with Crippen LogP contribution in [0.25, 0.3) is 0 Å². The Balaban J connectivity index is 2.84. The van der Waals surface area contributed by atoms with Crippen molar-refractivity contribution in [1.82, 2.24) is 15.2 Å². The van der Waals surface area contributed by atoms with Crippen LogP contribution in [0.5, 0.6) is 0 Å². The van der Waals surface area contributed by atoms with Crippen molar-refractivity contribution in [2.45, 2.75) is 19.1 Å². The molecule has 6 heteroatoms. The maximum absolute atomic E-state index is 10.5. The highest BCUT2D eigenvalue weighted by Crippen LogP contribution is 2.04. The molecule has 2 atom stereocenters. The Morgan fingerprint density at radius 3 is 2.73 bits per heavy atom. The predicted octanol–water partition coefficient (Wildman–Crippen LogP) is -1.52. The van der Waals surface area contributed by atoms with Gasteiger partial charge in [-0.2, -0.15) is 5.10 Å². The molecule has 0 fully saturated rings. The van der Waals surface area contributed by atoms with E-state index in [2.05, 4.69) is 15.2 Å². The molecule has 5 N–H and O–H groups in total. The summed E-state index contributed by atoms with van der Waals surface area (Å²) >= 11 is 0. The Bertz CT molecular complexity index is 276. The minimum Gasteiger partial charge on any atom is -0.391 e. The van der Waals surface area contributed by atoms with Gasteiger partial charge in [0.05, 0.1) is 12.1 Å². The first-order valence-electron chi connectivity index (χ1n) is 3.19. The number of nitrogens with zero attached hydrogens (tertiary/aromatic N) is 1. The number of aromatic amines is 2. The van der Waals surface area contributed by atoms with Crippen LogP contribution in [-0.2, 0) is 0 Å². The van der Waals surface area contributed by atoms with Crippen LogP contribution in [0.2, 0.25) is 0 Å². The van der Waals surface area contributed by atoms with Crippen LogP contribution in [0.15, 0.2) is 4.79 Å². The minimum atomic E-state index is -0.728. The Labute approximate surface area is 62.4 Å². The van der Waals surface area contributed by atoms with E-state index in [0.29, 0.717) is 0 Å². The van der Waals surface area contributed by atoms with Gasteiger partial charge in [0.2, 0.25) is 0 Å². The van der Waals surface area contributed by atoms with Gasteiger partial charge >= 0.3 is 5.69 Å². The van der Waals surface area contributed by atoms with Crippen LogP contribution in [0.3, 0.4) is 0 Å². The average Bonchev–Trinajstić information content (AvgIpc) is 2.34. The van der Waals surface area contributed by atoms with Crippen molar-refractivity contribution in [3.8, 4) is 0 Å². The third-order valence-corrected chi connectivity index (χ3v) is 1.35. The largest absolute Gasteiger partial charge is 0.391 e. The van der Waals surface area contributed by atoms with Gasteiger partial charge in [-0.3, -0.25) is 4.98 Å². The van der Waals surface area contributed by atoms with Crippen molar-refractivity contribution in [3.63, 3.8) is 0 Å². The maximum atomic E-state index is 10.5. The van der Waals surface area contributed by atoms with E-state index in [-0.39, 0.29) is 5.82 Å². The van der Waals surface area contributed by atoms with Crippen LogP contribution < -0.4 is 11.4 Å². The van der Waals surface area contributed by atoms with Crippen molar-refractivity contribution in [1.29, 1.82) is 0 Å². The third-order valence-electron chi connectivity index (χ3n) is 1.35. The van der Waals surface area contributed by atoms with E-state index in [1.54, 1.807) is 0 Å². The maximum Gasteiger partial charge on any atom is 0.340 e. The van der Waals surface area contributed by atoms with Gasteiger partial charge in [0, 0.05) is 0 Å².